The Kier molecular flexibility index (Phi) is 4.70. The van der Waals surface area contributed by atoms with Crippen molar-refractivity contribution < 1.29 is 13.6 Å². The molecule has 27 heavy (non-hydrogen) atoms. The minimum Gasteiger partial charge on any atom is -0.338 e. The predicted octanol–water partition coefficient (Wildman–Crippen LogP) is 3.34. The quantitative estimate of drug-likeness (QED) is 0.879. The molecule has 1 atom stereocenters. The number of likely N-dealkylation sites (tertiary alicyclic amines) is 1. The van der Waals surface area contributed by atoms with Gasteiger partial charge in [0.05, 0.1) is 11.4 Å². The monoisotopic (exact) mass is 372 g/mol. The van der Waals surface area contributed by atoms with Crippen molar-refractivity contribution in [1.82, 2.24) is 10.2 Å². The molecule has 0 aliphatic carbocycles. The van der Waals surface area contributed by atoms with Crippen molar-refractivity contribution in [2.45, 2.75) is 12.5 Å². The van der Waals surface area contributed by atoms with Crippen molar-refractivity contribution in [2.75, 3.05) is 43.0 Å². The lowest BCUT2D eigenvalue weighted by atomic mass is 10.1. The zero-order valence-corrected chi connectivity index (χ0v) is 15.2. The van der Waals surface area contributed by atoms with Crippen molar-refractivity contribution in [3.8, 4) is 0 Å². The average Bonchev–Trinajstić information content (AvgIpc) is 3.06. The van der Waals surface area contributed by atoms with E-state index in [4.69, 9.17) is 0 Å². The zero-order valence-electron chi connectivity index (χ0n) is 15.2. The van der Waals surface area contributed by atoms with Crippen molar-refractivity contribution in [3.63, 3.8) is 0 Å². The summed E-state index contributed by atoms with van der Waals surface area (Å²) in [5.41, 5.74) is 2.02. The molecule has 2 heterocycles. The van der Waals surface area contributed by atoms with Gasteiger partial charge in [0.15, 0.2) is 0 Å². The number of benzene rings is 2. The second kappa shape index (κ2) is 7.15. The second-order valence-corrected chi connectivity index (χ2v) is 7.11. The number of amides is 2. The lowest BCUT2D eigenvalue weighted by Crippen LogP contribution is -2.50. The fourth-order valence-corrected chi connectivity index (χ4v) is 3.79. The number of carbonyl (C=O) groups is 1. The largest absolute Gasteiger partial charge is 0.338 e. The lowest BCUT2D eigenvalue weighted by molar-refractivity contribution is 0.242. The van der Waals surface area contributed by atoms with Crippen LogP contribution in [-0.4, -0.2) is 50.2 Å². The molecule has 2 aliphatic heterocycles. The van der Waals surface area contributed by atoms with Crippen LogP contribution in [0.15, 0.2) is 42.5 Å². The van der Waals surface area contributed by atoms with Crippen LogP contribution in [0.25, 0.3) is 0 Å². The number of rotatable bonds is 2. The van der Waals surface area contributed by atoms with E-state index < -0.39 is 0 Å². The molecule has 1 fully saturated rings. The summed E-state index contributed by atoms with van der Waals surface area (Å²) in [5, 5.41) is 3.08. The van der Waals surface area contributed by atoms with Crippen LogP contribution in [0, 0.1) is 11.6 Å². The molecule has 0 saturated carbocycles. The summed E-state index contributed by atoms with van der Waals surface area (Å²) in [7, 11) is 2.03. The molecular weight excluding hydrogens is 350 g/mol. The summed E-state index contributed by atoms with van der Waals surface area (Å²) < 4.78 is 27.2. The van der Waals surface area contributed by atoms with Gasteiger partial charge in [0.25, 0.3) is 0 Å². The fourth-order valence-electron chi connectivity index (χ4n) is 3.79. The molecule has 0 spiro atoms. The smallest absolute Gasteiger partial charge is 0.322 e. The molecule has 2 amide bonds. The molecule has 142 valence electrons. The summed E-state index contributed by atoms with van der Waals surface area (Å²) in [4.78, 5) is 18.6. The third-order valence-electron chi connectivity index (χ3n) is 5.17. The second-order valence-electron chi connectivity index (χ2n) is 7.11. The minimum atomic E-state index is -0.375. The summed E-state index contributed by atoms with van der Waals surface area (Å²) in [5.74, 6) is -0.696. The van der Waals surface area contributed by atoms with E-state index in [-0.39, 0.29) is 23.7 Å². The Morgan fingerprint density at radius 1 is 1.00 bits per heavy atom. The molecule has 0 aromatic heterocycles. The Hall–Kier alpha value is -2.67. The number of hydrogen-bond acceptors (Lipinski definition) is 3. The number of fused-ring (bicyclic) bond motifs is 1. The Morgan fingerprint density at radius 3 is 2.44 bits per heavy atom. The van der Waals surface area contributed by atoms with E-state index in [0.29, 0.717) is 24.5 Å². The first-order valence-corrected chi connectivity index (χ1v) is 9.10. The highest BCUT2D eigenvalue weighted by Crippen LogP contribution is 2.38. The van der Waals surface area contributed by atoms with Crippen LogP contribution in [0.4, 0.5) is 30.6 Å². The molecule has 2 aromatic rings. The highest BCUT2D eigenvalue weighted by molar-refractivity contribution is 5.98. The fraction of sp³-hybridized carbons (Fsp3) is 0.350. The molecule has 1 N–H and O–H groups in total. The first kappa shape index (κ1) is 17.7. The molecule has 7 heteroatoms. The van der Waals surface area contributed by atoms with Gasteiger partial charge in [0.1, 0.15) is 11.6 Å². The van der Waals surface area contributed by atoms with E-state index in [9.17, 15) is 13.6 Å². The maximum Gasteiger partial charge on any atom is 0.322 e. The summed E-state index contributed by atoms with van der Waals surface area (Å²) in [6.45, 7) is 2.76. The number of urea groups is 1. The van der Waals surface area contributed by atoms with Gasteiger partial charge in [-0.1, -0.05) is 0 Å². The number of halogens is 2. The third kappa shape index (κ3) is 3.60. The number of hydrogen-bond donors (Lipinski definition) is 1. The van der Waals surface area contributed by atoms with E-state index >= 15 is 0 Å². The summed E-state index contributed by atoms with van der Waals surface area (Å²) in [6.07, 6.45) is 0.925. The lowest BCUT2D eigenvalue weighted by Gasteiger charge is -2.38. The molecule has 1 saturated heterocycles. The Labute approximate surface area is 157 Å². The maximum atomic E-state index is 13.9. The van der Waals surface area contributed by atoms with E-state index in [2.05, 4.69) is 10.2 Å². The number of nitrogens with zero attached hydrogens (tertiary/aromatic N) is 3. The number of anilines is 3. The van der Waals surface area contributed by atoms with Crippen LogP contribution in [0.2, 0.25) is 0 Å². The van der Waals surface area contributed by atoms with Crippen molar-refractivity contribution in [2.24, 2.45) is 0 Å². The number of likely N-dealkylation sites (N-methyl/N-ethyl adjacent to an activating group) is 1. The Balaban J connectivity index is 1.61. The normalized spacial score (nSPS) is 19.9. The van der Waals surface area contributed by atoms with Crippen LogP contribution in [0.1, 0.15) is 6.42 Å². The summed E-state index contributed by atoms with van der Waals surface area (Å²) in [6, 6.07) is 10.4. The van der Waals surface area contributed by atoms with Crippen LogP contribution in [-0.2, 0) is 0 Å². The van der Waals surface area contributed by atoms with Gasteiger partial charge in [0.2, 0.25) is 0 Å². The minimum absolute atomic E-state index is 0.126. The van der Waals surface area contributed by atoms with Gasteiger partial charge in [-0.25, -0.2) is 13.6 Å². The molecule has 2 aliphatic rings. The molecule has 5 nitrogen and oxygen atoms in total. The average molecular weight is 372 g/mol. The van der Waals surface area contributed by atoms with E-state index in [1.807, 2.05) is 11.9 Å². The van der Waals surface area contributed by atoms with Crippen LogP contribution < -0.4 is 15.1 Å². The van der Waals surface area contributed by atoms with Gasteiger partial charge in [-0.15, -0.1) is 0 Å². The molecule has 4 rings (SSSR count). The van der Waals surface area contributed by atoms with Crippen LogP contribution in [0.5, 0.6) is 0 Å². The number of carbonyl (C=O) groups excluding carboxylic acids is 1. The van der Waals surface area contributed by atoms with Crippen molar-refractivity contribution in [1.29, 1.82) is 0 Å². The molecule has 0 bridgehead atoms. The topological polar surface area (TPSA) is 38.8 Å². The molecule has 1 unspecified atom stereocenters. The van der Waals surface area contributed by atoms with Gasteiger partial charge in [-0.2, -0.15) is 0 Å². The molecular formula is C20H22F2N4O. The first-order chi connectivity index (χ1) is 13.0. The van der Waals surface area contributed by atoms with Gasteiger partial charge >= 0.3 is 6.03 Å². The molecule has 2 aromatic carbocycles. The van der Waals surface area contributed by atoms with E-state index in [1.165, 1.54) is 24.3 Å². The maximum absolute atomic E-state index is 13.9. The highest BCUT2D eigenvalue weighted by atomic mass is 19.1. The standard InChI is InChI=1S/C20H22F2N4O/c1-24-9-8-16(13-24)23-20(27)26-11-10-25(17-5-2-14(21)3-6-17)19-12-15(22)4-7-18(19)26/h2-7,12,16H,8-11,13H2,1H3,(H,23,27). The van der Waals surface area contributed by atoms with Gasteiger partial charge in [-0.3, -0.25) is 4.90 Å². The van der Waals surface area contributed by atoms with Gasteiger partial charge in [0, 0.05) is 31.4 Å². The van der Waals surface area contributed by atoms with Crippen molar-refractivity contribution in [3.05, 3.63) is 54.1 Å². The first-order valence-electron chi connectivity index (χ1n) is 9.10. The SMILES string of the molecule is CN1CCC(NC(=O)N2CCN(c3ccc(F)cc3)c3cc(F)ccc32)C1. The van der Waals surface area contributed by atoms with Gasteiger partial charge in [-0.05, 0) is 62.5 Å². The summed E-state index contributed by atoms with van der Waals surface area (Å²) >= 11 is 0. The van der Waals surface area contributed by atoms with Crippen molar-refractivity contribution >= 4 is 23.1 Å². The van der Waals surface area contributed by atoms with E-state index in [1.54, 1.807) is 23.1 Å². The van der Waals surface area contributed by atoms with Crippen LogP contribution in [0.3, 0.4) is 0 Å². The Morgan fingerprint density at radius 2 is 1.74 bits per heavy atom. The zero-order chi connectivity index (χ0) is 19.0. The molecule has 0 radical (unpaired) electrons. The predicted molar refractivity (Wildman–Crippen MR) is 102 cm³/mol. The highest BCUT2D eigenvalue weighted by Gasteiger charge is 2.30. The third-order valence-corrected chi connectivity index (χ3v) is 5.17. The van der Waals surface area contributed by atoms with Gasteiger partial charge < -0.3 is 15.1 Å². The number of nitrogens with one attached hydrogen (secondary N) is 1. The Bertz CT molecular complexity index is 842. The van der Waals surface area contributed by atoms with Crippen LogP contribution >= 0.6 is 0 Å². The van der Waals surface area contributed by atoms with E-state index in [0.717, 1.165) is 25.2 Å².